The molecule has 1 amide bonds. The summed E-state index contributed by atoms with van der Waals surface area (Å²) in [4.78, 5) is 40.5. The number of sulfonamides is 1. The fourth-order valence-corrected chi connectivity index (χ4v) is 5.49. The van der Waals surface area contributed by atoms with Crippen LogP contribution in [0.3, 0.4) is 0 Å². The van der Waals surface area contributed by atoms with Crippen molar-refractivity contribution in [1.29, 1.82) is 0 Å². The number of fused-ring (bicyclic) bond motifs is 2. The number of aryl methyl sites for hydroxylation is 2. The topological polar surface area (TPSA) is 136 Å². The van der Waals surface area contributed by atoms with Crippen molar-refractivity contribution in [3.8, 4) is 5.69 Å². The molecule has 1 aliphatic carbocycles. The van der Waals surface area contributed by atoms with E-state index in [0.717, 1.165) is 29.3 Å². The van der Waals surface area contributed by atoms with Gasteiger partial charge in [-0.1, -0.05) is 12.1 Å². The molecule has 0 aliphatic heterocycles. The van der Waals surface area contributed by atoms with E-state index in [9.17, 15) is 18.0 Å². The molecule has 12 heteroatoms. The van der Waals surface area contributed by atoms with Crippen molar-refractivity contribution in [2.75, 3.05) is 19.4 Å². The van der Waals surface area contributed by atoms with E-state index in [0.29, 0.717) is 11.3 Å². The fourth-order valence-electron chi connectivity index (χ4n) is 4.54. The Labute approximate surface area is 231 Å². The predicted octanol–water partition coefficient (Wildman–Crippen LogP) is 3.33. The Morgan fingerprint density at radius 2 is 1.88 bits per heavy atom. The van der Waals surface area contributed by atoms with E-state index in [4.69, 9.17) is 4.84 Å². The zero-order valence-corrected chi connectivity index (χ0v) is 23.4. The summed E-state index contributed by atoms with van der Waals surface area (Å²) in [5.41, 5.74) is 5.67. The minimum Gasteiger partial charge on any atom is -0.324 e. The number of aromatic nitrogens is 3. The van der Waals surface area contributed by atoms with Gasteiger partial charge in [0.05, 0.1) is 16.4 Å². The minimum atomic E-state index is -3.64. The number of pyridine rings is 1. The first kappa shape index (κ1) is 27.4. The van der Waals surface area contributed by atoms with Gasteiger partial charge >= 0.3 is 0 Å². The summed E-state index contributed by atoms with van der Waals surface area (Å²) in [5, 5.41) is 3.18. The molecule has 0 spiro atoms. The summed E-state index contributed by atoms with van der Waals surface area (Å²) in [6, 6.07) is 12.3. The van der Waals surface area contributed by atoms with Crippen LogP contribution >= 0.6 is 0 Å². The zero-order chi connectivity index (χ0) is 28.6. The molecule has 2 N–H and O–H groups in total. The quantitative estimate of drug-likeness (QED) is 0.312. The second kappa shape index (κ2) is 10.8. The van der Waals surface area contributed by atoms with Crippen molar-refractivity contribution in [1.82, 2.24) is 24.3 Å². The third kappa shape index (κ3) is 5.33. The van der Waals surface area contributed by atoms with E-state index in [1.165, 1.54) is 49.7 Å². The van der Waals surface area contributed by atoms with Crippen LogP contribution in [-0.2, 0) is 27.7 Å². The van der Waals surface area contributed by atoms with Gasteiger partial charge in [0, 0.05) is 37.9 Å². The van der Waals surface area contributed by atoms with Crippen molar-refractivity contribution in [2.45, 2.75) is 44.1 Å². The number of hydrogen-bond donors (Lipinski definition) is 2. The number of amides is 1. The molecule has 0 bridgehead atoms. The number of hydrogen-bond acceptors (Lipinski definition) is 8. The number of carbonyl (C=O) groups is 1. The summed E-state index contributed by atoms with van der Waals surface area (Å²) in [5.74, 6) is -0.516. The van der Waals surface area contributed by atoms with Crippen molar-refractivity contribution < 1.29 is 18.0 Å². The number of rotatable bonds is 8. The molecule has 1 aliphatic rings. The van der Waals surface area contributed by atoms with Gasteiger partial charge in [0.25, 0.3) is 5.91 Å². The molecule has 208 valence electrons. The van der Waals surface area contributed by atoms with Gasteiger partial charge in [-0.15, -0.1) is 0 Å². The minimum absolute atomic E-state index is 0.109. The molecule has 0 fully saturated rings. The molecule has 2 heterocycles. The van der Waals surface area contributed by atoms with Crippen LogP contribution < -0.4 is 16.2 Å². The van der Waals surface area contributed by atoms with Gasteiger partial charge in [-0.2, -0.15) is 4.98 Å². The van der Waals surface area contributed by atoms with Gasteiger partial charge < -0.3 is 9.88 Å². The van der Waals surface area contributed by atoms with Gasteiger partial charge in [-0.05, 0) is 74.6 Å². The summed E-state index contributed by atoms with van der Waals surface area (Å²) in [7, 11) is -0.720. The number of anilines is 2. The maximum atomic E-state index is 13.4. The molecule has 4 aromatic rings. The van der Waals surface area contributed by atoms with Crippen LogP contribution in [-0.4, -0.2) is 53.4 Å². The zero-order valence-electron chi connectivity index (χ0n) is 22.6. The lowest BCUT2D eigenvalue weighted by Gasteiger charge is -2.16. The monoisotopic (exact) mass is 562 g/mol. The van der Waals surface area contributed by atoms with Gasteiger partial charge in [-0.25, -0.2) is 23.2 Å². The lowest BCUT2D eigenvalue weighted by atomic mass is 10.1. The van der Waals surface area contributed by atoms with Gasteiger partial charge in [0.2, 0.25) is 21.4 Å². The normalized spacial score (nSPS) is 13.2. The largest absolute Gasteiger partial charge is 0.324 e. The molecule has 0 saturated carbocycles. The second-order valence-electron chi connectivity index (χ2n) is 10.0. The van der Waals surface area contributed by atoms with Gasteiger partial charge in [0.15, 0.2) is 5.65 Å². The molecule has 11 nitrogen and oxygen atoms in total. The highest BCUT2D eigenvalue weighted by Crippen LogP contribution is 2.27. The Morgan fingerprint density at radius 3 is 2.62 bits per heavy atom. The van der Waals surface area contributed by atoms with E-state index in [1.807, 2.05) is 12.1 Å². The Kier molecular flexibility index (Phi) is 7.41. The smallest absolute Gasteiger partial charge is 0.280 e. The first-order valence-corrected chi connectivity index (χ1v) is 14.3. The maximum absolute atomic E-state index is 13.4. The second-order valence-corrected chi connectivity index (χ2v) is 12.2. The standard InChI is InChI=1S/C28H30N6O5S/c1-17(2)39-32-27(36)24-16-34(21-12-11-18-7-5-8-19(18)13-21)26-23(25(24)35)15-29-28(31-26)30-20-9-6-10-22(14-20)40(37,38)33(3)4/h6,9-17H,5,7-8H2,1-4H3,(H,32,36)(H,29,30,31). The summed E-state index contributed by atoms with van der Waals surface area (Å²) < 4.78 is 28.0. The molecule has 2 aromatic heterocycles. The lowest BCUT2D eigenvalue weighted by Crippen LogP contribution is -2.32. The number of nitrogens with zero attached hydrogens (tertiary/aromatic N) is 4. The summed E-state index contributed by atoms with van der Waals surface area (Å²) in [6.45, 7) is 3.52. The van der Waals surface area contributed by atoms with Crippen LogP contribution in [0.5, 0.6) is 0 Å². The SMILES string of the molecule is CC(C)ONC(=O)c1cn(-c2ccc3c(c2)CCC3)c2nc(Nc3cccc(S(=O)(=O)N(C)C)c3)ncc2c1=O. The number of hydroxylamine groups is 1. The van der Waals surface area contributed by atoms with Crippen LogP contribution in [0.25, 0.3) is 16.7 Å². The molecule has 0 saturated heterocycles. The van der Waals surface area contributed by atoms with Crippen molar-refractivity contribution in [2.24, 2.45) is 0 Å². The van der Waals surface area contributed by atoms with Crippen molar-refractivity contribution in [3.63, 3.8) is 0 Å². The van der Waals surface area contributed by atoms with Crippen molar-refractivity contribution in [3.05, 3.63) is 81.8 Å². The number of carbonyl (C=O) groups excluding carboxylic acids is 1. The van der Waals surface area contributed by atoms with Crippen LogP contribution in [0.15, 0.2) is 64.5 Å². The van der Waals surface area contributed by atoms with Crippen LogP contribution in [0.1, 0.15) is 41.8 Å². The molecule has 2 aromatic carbocycles. The number of benzene rings is 2. The fraction of sp³-hybridized carbons (Fsp3) is 0.286. The molecule has 40 heavy (non-hydrogen) atoms. The molecular formula is C28H30N6O5S. The molecule has 0 unspecified atom stereocenters. The first-order chi connectivity index (χ1) is 19.0. The molecule has 5 rings (SSSR count). The lowest BCUT2D eigenvalue weighted by molar-refractivity contribution is 0.0000943. The highest BCUT2D eigenvalue weighted by atomic mass is 32.2. The molecule has 0 atom stereocenters. The highest BCUT2D eigenvalue weighted by Gasteiger charge is 2.21. The highest BCUT2D eigenvalue weighted by molar-refractivity contribution is 7.89. The maximum Gasteiger partial charge on any atom is 0.280 e. The van der Waals surface area contributed by atoms with E-state index >= 15 is 0 Å². The van der Waals surface area contributed by atoms with E-state index in [1.54, 1.807) is 30.5 Å². The van der Waals surface area contributed by atoms with E-state index < -0.39 is 21.4 Å². The number of nitrogens with one attached hydrogen (secondary N) is 2. The first-order valence-electron chi connectivity index (χ1n) is 12.8. The predicted molar refractivity (Wildman–Crippen MR) is 151 cm³/mol. The van der Waals surface area contributed by atoms with Gasteiger partial charge in [0.1, 0.15) is 5.56 Å². The third-order valence-electron chi connectivity index (χ3n) is 6.61. The van der Waals surface area contributed by atoms with Crippen molar-refractivity contribution >= 4 is 38.6 Å². The molecule has 0 radical (unpaired) electrons. The Balaban J connectivity index is 1.62. The van der Waals surface area contributed by atoms with Crippen LogP contribution in [0.4, 0.5) is 11.6 Å². The Hall–Kier alpha value is -4.13. The van der Waals surface area contributed by atoms with Crippen LogP contribution in [0, 0.1) is 0 Å². The van der Waals surface area contributed by atoms with Gasteiger partial charge in [-0.3, -0.25) is 14.4 Å². The Bertz CT molecular complexity index is 1780. The van der Waals surface area contributed by atoms with Crippen LogP contribution in [0.2, 0.25) is 0 Å². The Morgan fingerprint density at radius 1 is 1.10 bits per heavy atom. The summed E-state index contributed by atoms with van der Waals surface area (Å²) in [6.07, 6.45) is 5.58. The third-order valence-corrected chi connectivity index (χ3v) is 8.42. The van der Waals surface area contributed by atoms with E-state index in [2.05, 4.69) is 26.8 Å². The molecular weight excluding hydrogens is 532 g/mol. The summed E-state index contributed by atoms with van der Waals surface area (Å²) >= 11 is 0. The average molecular weight is 563 g/mol. The van der Waals surface area contributed by atoms with E-state index in [-0.39, 0.29) is 27.9 Å². The average Bonchev–Trinajstić information content (AvgIpc) is 3.40.